The number of nitrogens with zero attached hydrogens (tertiary/aromatic N) is 2. The summed E-state index contributed by atoms with van der Waals surface area (Å²) in [5, 5.41) is 15.7. The Labute approximate surface area is 172 Å². The molecule has 4 N–H and O–H groups in total. The van der Waals surface area contributed by atoms with Crippen LogP contribution in [0.3, 0.4) is 0 Å². The molecule has 3 aromatic rings. The SMILES string of the molecule is CC(C)NC(=O)Nc1ccccc1NC(=O)c1ccc(CSc2ncn[nH]2)cc1. The van der Waals surface area contributed by atoms with Crippen molar-refractivity contribution in [2.45, 2.75) is 30.8 Å². The zero-order chi connectivity index (χ0) is 20.6. The van der Waals surface area contributed by atoms with E-state index in [2.05, 4.69) is 31.1 Å². The van der Waals surface area contributed by atoms with Crippen LogP contribution in [0.15, 0.2) is 60.0 Å². The minimum Gasteiger partial charge on any atom is -0.336 e. The van der Waals surface area contributed by atoms with Gasteiger partial charge in [-0.2, -0.15) is 5.10 Å². The fraction of sp³-hybridized carbons (Fsp3) is 0.200. The van der Waals surface area contributed by atoms with Gasteiger partial charge in [0.05, 0.1) is 11.4 Å². The summed E-state index contributed by atoms with van der Waals surface area (Å²) in [5.74, 6) is 0.465. The number of aromatic amines is 1. The Morgan fingerprint density at radius 1 is 1.03 bits per heavy atom. The maximum atomic E-state index is 12.6. The van der Waals surface area contributed by atoms with Gasteiger partial charge in [0.2, 0.25) is 0 Å². The number of benzene rings is 2. The van der Waals surface area contributed by atoms with Crippen molar-refractivity contribution in [3.63, 3.8) is 0 Å². The van der Waals surface area contributed by atoms with E-state index < -0.39 is 0 Å². The topological polar surface area (TPSA) is 112 Å². The summed E-state index contributed by atoms with van der Waals surface area (Å²) >= 11 is 1.53. The van der Waals surface area contributed by atoms with Crippen LogP contribution in [0.1, 0.15) is 29.8 Å². The number of para-hydroxylation sites is 2. The maximum absolute atomic E-state index is 12.6. The number of aromatic nitrogens is 3. The smallest absolute Gasteiger partial charge is 0.319 e. The van der Waals surface area contributed by atoms with E-state index in [1.165, 1.54) is 18.1 Å². The highest BCUT2D eigenvalue weighted by molar-refractivity contribution is 7.98. The van der Waals surface area contributed by atoms with E-state index in [1.807, 2.05) is 26.0 Å². The summed E-state index contributed by atoms with van der Waals surface area (Å²) in [6, 6.07) is 14.1. The van der Waals surface area contributed by atoms with Crippen LogP contribution in [0.4, 0.5) is 16.2 Å². The minimum atomic E-state index is -0.324. The molecule has 9 heteroatoms. The Hall–Kier alpha value is -3.33. The number of hydrogen-bond donors (Lipinski definition) is 4. The lowest BCUT2D eigenvalue weighted by Gasteiger charge is -2.14. The molecule has 2 aromatic carbocycles. The van der Waals surface area contributed by atoms with Gasteiger partial charge in [0.25, 0.3) is 5.91 Å². The molecule has 0 saturated heterocycles. The van der Waals surface area contributed by atoms with Gasteiger partial charge in [-0.15, -0.1) is 0 Å². The monoisotopic (exact) mass is 410 g/mol. The average Bonchev–Trinajstić information content (AvgIpc) is 3.21. The lowest BCUT2D eigenvalue weighted by atomic mass is 10.1. The number of carbonyl (C=O) groups is 2. The molecule has 0 saturated carbocycles. The van der Waals surface area contributed by atoms with Crippen molar-refractivity contribution in [3.05, 3.63) is 66.0 Å². The third-order valence-corrected chi connectivity index (χ3v) is 4.78. The number of amides is 3. The van der Waals surface area contributed by atoms with Gasteiger partial charge in [0.1, 0.15) is 6.33 Å². The van der Waals surface area contributed by atoms with Crippen LogP contribution >= 0.6 is 11.8 Å². The molecule has 0 spiro atoms. The van der Waals surface area contributed by atoms with E-state index in [0.717, 1.165) is 16.5 Å². The lowest BCUT2D eigenvalue weighted by molar-refractivity contribution is 0.102. The normalized spacial score (nSPS) is 10.6. The molecule has 3 amide bonds. The van der Waals surface area contributed by atoms with Gasteiger partial charge >= 0.3 is 6.03 Å². The largest absolute Gasteiger partial charge is 0.336 e. The number of thioether (sulfide) groups is 1. The van der Waals surface area contributed by atoms with E-state index >= 15 is 0 Å². The van der Waals surface area contributed by atoms with Crippen molar-refractivity contribution < 1.29 is 9.59 Å². The average molecular weight is 411 g/mol. The molecular formula is C20H22N6O2S. The summed E-state index contributed by atoms with van der Waals surface area (Å²) in [7, 11) is 0. The van der Waals surface area contributed by atoms with Gasteiger partial charge in [-0.3, -0.25) is 9.89 Å². The fourth-order valence-corrected chi connectivity index (χ4v) is 3.22. The molecule has 8 nitrogen and oxygen atoms in total. The number of H-pyrrole nitrogens is 1. The zero-order valence-electron chi connectivity index (χ0n) is 16.1. The van der Waals surface area contributed by atoms with Crippen LogP contribution < -0.4 is 16.0 Å². The number of carbonyl (C=O) groups excluding carboxylic acids is 2. The molecule has 1 heterocycles. The van der Waals surface area contributed by atoms with Crippen LogP contribution in [0.2, 0.25) is 0 Å². The Kier molecular flexibility index (Phi) is 6.85. The maximum Gasteiger partial charge on any atom is 0.319 e. The summed E-state index contributed by atoms with van der Waals surface area (Å²) in [5.41, 5.74) is 2.65. The molecule has 0 bridgehead atoms. The first-order valence-corrected chi connectivity index (χ1v) is 10.0. The van der Waals surface area contributed by atoms with Crippen LogP contribution in [-0.2, 0) is 5.75 Å². The van der Waals surface area contributed by atoms with Gasteiger partial charge in [-0.05, 0) is 43.7 Å². The van der Waals surface area contributed by atoms with Crippen molar-refractivity contribution in [3.8, 4) is 0 Å². The molecule has 0 atom stereocenters. The first kappa shape index (κ1) is 20.4. The second kappa shape index (κ2) is 9.74. The van der Waals surface area contributed by atoms with Gasteiger partial charge in [-0.25, -0.2) is 9.78 Å². The van der Waals surface area contributed by atoms with Crippen molar-refractivity contribution in [1.29, 1.82) is 0 Å². The molecule has 1 aromatic heterocycles. The fourth-order valence-electron chi connectivity index (χ4n) is 2.48. The van der Waals surface area contributed by atoms with E-state index in [9.17, 15) is 9.59 Å². The quantitative estimate of drug-likeness (QED) is 0.442. The third kappa shape index (κ3) is 6.08. The van der Waals surface area contributed by atoms with Gasteiger partial charge in [0, 0.05) is 17.4 Å². The molecular weight excluding hydrogens is 388 g/mol. The summed E-state index contributed by atoms with van der Waals surface area (Å²) in [4.78, 5) is 28.7. The Morgan fingerprint density at radius 2 is 1.72 bits per heavy atom. The van der Waals surface area contributed by atoms with E-state index in [0.29, 0.717) is 16.9 Å². The molecule has 29 heavy (non-hydrogen) atoms. The number of urea groups is 1. The minimum absolute atomic E-state index is 0.0116. The molecule has 0 radical (unpaired) electrons. The number of rotatable bonds is 7. The second-order valence-corrected chi connectivity index (χ2v) is 7.49. The highest BCUT2D eigenvalue weighted by atomic mass is 32.2. The summed E-state index contributed by atoms with van der Waals surface area (Å²) in [6.07, 6.45) is 1.47. The Balaban J connectivity index is 1.62. The molecule has 0 aliphatic rings. The highest BCUT2D eigenvalue weighted by Gasteiger charge is 2.11. The lowest BCUT2D eigenvalue weighted by Crippen LogP contribution is -2.34. The number of nitrogens with one attached hydrogen (secondary N) is 4. The van der Waals surface area contributed by atoms with Gasteiger partial charge in [0.15, 0.2) is 5.16 Å². The van der Waals surface area contributed by atoms with Gasteiger partial charge in [-0.1, -0.05) is 36.0 Å². The molecule has 3 rings (SSSR count). The number of anilines is 2. The molecule has 0 fully saturated rings. The van der Waals surface area contributed by atoms with Crippen LogP contribution in [0.25, 0.3) is 0 Å². The summed E-state index contributed by atoms with van der Waals surface area (Å²) in [6.45, 7) is 3.75. The van der Waals surface area contributed by atoms with E-state index in [1.54, 1.807) is 36.4 Å². The first-order chi connectivity index (χ1) is 14.0. The van der Waals surface area contributed by atoms with Crippen LogP contribution in [0, 0.1) is 0 Å². The van der Waals surface area contributed by atoms with E-state index in [-0.39, 0.29) is 18.0 Å². The van der Waals surface area contributed by atoms with Crippen LogP contribution in [-0.4, -0.2) is 33.2 Å². The van der Waals surface area contributed by atoms with Gasteiger partial charge < -0.3 is 16.0 Å². The zero-order valence-corrected chi connectivity index (χ0v) is 16.9. The number of hydrogen-bond acceptors (Lipinski definition) is 5. The van der Waals surface area contributed by atoms with Crippen molar-refractivity contribution in [1.82, 2.24) is 20.5 Å². The predicted octanol–water partition coefficient (Wildman–Crippen LogP) is 3.88. The highest BCUT2D eigenvalue weighted by Crippen LogP contribution is 2.22. The Bertz CT molecular complexity index is 957. The Morgan fingerprint density at radius 3 is 2.34 bits per heavy atom. The molecule has 0 unspecified atom stereocenters. The molecule has 0 aliphatic carbocycles. The molecule has 0 aliphatic heterocycles. The standard InChI is InChI=1S/C20H22N6O2S/c1-13(2)23-19(28)25-17-6-4-3-5-16(17)24-18(27)15-9-7-14(8-10-15)11-29-20-21-12-22-26-20/h3-10,12-13H,11H2,1-2H3,(H,24,27)(H,21,22,26)(H2,23,25,28). The second-order valence-electron chi connectivity index (χ2n) is 6.53. The van der Waals surface area contributed by atoms with Crippen LogP contribution in [0.5, 0.6) is 0 Å². The van der Waals surface area contributed by atoms with Crippen molar-refractivity contribution >= 4 is 35.1 Å². The predicted molar refractivity (Wildman–Crippen MR) is 114 cm³/mol. The molecule has 150 valence electrons. The summed E-state index contributed by atoms with van der Waals surface area (Å²) < 4.78 is 0. The first-order valence-electron chi connectivity index (χ1n) is 9.06. The van der Waals surface area contributed by atoms with Crippen molar-refractivity contribution in [2.75, 3.05) is 10.6 Å². The van der Waals surface area contributed by atoms with E-state index in [4.69, 9.17) is 0 Å². The van der Waals surface area contributed by atoms with Crippen molar-refractivity contribution in [2.24, 2.45) is 0 Å². The third-order valence-electron chi connectivity index (χ3n) is 3.83.